The summed E-state index contributed by atoms with van der Waals surface area (Å²) in [6.07, 6.45) is 5.79. The van der Waals surface area contributed by atoms with Gasteiger partial charge in [-0.1, -0.05) is 23.2 Å². The summed E-state index contributed by atoms with van der Waals surface area (Å²) < 4.78 is 0. The Bertz CT molecular complexity index is 575. The maximum Gasteiger partial charge on any atom is 0.224 e. The van der Waals surface area contributed by atoms with Crippen LogP contribution in [0.4, 0.5) is 5.69 Å². The molecule has 0 bridgehead atoms. The molecule has 1 N–H and O–H groups in total. The van der Waals surface area contributed by atoms with Crippen LogP contribution in [0.25, 0.3) is 0 Å². The van der Waals surface area contributed by atoms with E-state index in [0.29, 0.717) is 28.6 Å². The van der Waals surface area contributed by atoms with Crippen LogP contribution in [0, 0.1) is 0 Å². The molecule has 0 aliphatic carbocycles. The van der Waals surface area contributed by atoms with Crippen LogP contribution in [0.5, 0.6) is 0 Å². The first-order valence-corrected chi connectivity index (χ1v) is 6.39. The second kappa shape index (κ2) is 6.50. The van der Waals surface area contributed by atoms with Gasteiger partial charge >= 0.3 is 0 Å². The van der Waals surface area contributed by atoms with E-state index in [1.807, 2.05) is 0 Å². The van der Waals surface area contributed by atoms with Crippen LogP contribution in [-0.2, 0) is 11.2 Å². The van der Waals surface area contributed by atoms with Crippen molar-refractivity contribution in [3.63, 3.8) is 0 Å². The molecule has 0 spiro atoms. The molecule has 98 valence electrons. The van der Waals surface area contributed by atoms with Crippen molar-refractivity contribution in [1.82, 2.24) is 9.97 Å². The number of carbonyl (C=O) groups excluding carboxylic acids is 1. The number of halogens is 2. The van der Waals surface area contributed by atoms with E-state index < -0.39 is 0 Å². The summed E-state index contributed by atoms with van der Waals surface area (Å²) >= 11 is 11.7. The monoisotopic (exact) mass is 295 g/mol. The molecule has 1 heterocycles. The molecule has 0 fully saturated rings. The van der Waals surface area contributed by atoms with E-state index >= 15 is 0 Å². The highest BCUT2D eigenvalue weighted by atomic mass is 35.5. The number of aryl methyl sites for hydroxylation is 1. The van der Waals surface area contributed by atoms with E-state index in [2.05, 4.69) is 15.3 Å². The van der Waals surface area contributed by atoms with Crippen molar-refractivity contribution in [3.05, 3.63) is 52.5 Å². The summed E-state index contributed by atoms with van der Waals surface area (Å²) in [5.74, 6) is -0.0951. The molecule has 1 amide bonds. The minimum atomic E-state index is -0.0951. The summed E-state index contributed by atoms with van der Waals surface area (Å²) in [4.78, 5) is 19.5. The lowest BCUT2D eigenvalue weighted by molar-refractivity contribution is -0.116. The second-order valence-corrected chi connectivity index (χ2v) is 4.74. The molecule has 0 unspecified atom stereocenters. The molecule has 0 radical (unpaired) electrons. The van der Waals surface area contributed by atoms with Gasteiger partial charge in [-0.05, 0) is 30.2 Å². The maximum absolute atomic E-state index is 11.8. The van der Waals surface area contributed by atoms with Crippen LogP contribution >= 0.6 is 23.2 Å². The zero-order valence-electron chi connectivity index (χ0n) is 9.94. The fraction of sp³-hybridized carbons (Fsp3) is 0.154. The van der Waals surface area contributed by atoms with E-state index in [0.717, 1.165) is 5.56 Å². The van der Waals surface area contributed by atoms with Crippen LogP contribution in [0.3, 0.4) is 0 Å². The lowest BCUT2D eigenvalue weighted by Gasteiger charge is -2.06. The number of nitrogens with one attached hydrogen (secondary N) is 1. The number of hydrogen-bond donors (Lipinski definition) is 1. The molecule has 0 aliphatic heterocycles. The Balaban J connectivity index is 1.89. The first kappa shape index (κ1) is 13.8. The van der Waals surface area contributed by atoms with Crippen LogP contribution in [-0.4, -0.2) is 15.9 Å². The summed E-state index contributed by atoms with van der Waals surface area (Å²) in [7, 11) is 0. The Morgan fingerprint density at radius 3 is 2.58 bits per heavy atom. The Morgan fingerprint density at radius 2 is 1.89 bits per heavy atom. The van der Waals surface area contributed by atoms with Gasteiger partial charge in [-0.3, -0.25) is 4.79 Å². The molecule has 1 aromatic carbocycles. The summed E-state index contributed by atoms with van der Waals surface area (Å²) in [6, 6.07) is 4.97. The number of carbonyl (C=O) groups is 1. The number of hydrogen-bond acceptors (Lipinski definition) is 3. The van der Waals surface area contributed by atoms with Gasteiger partial charge in [-0.15, -0.1) is 0 Å². The molecule has 4 nitrogen and oxygen atoms in total. The normalized spacial score (nSPS) is 10.2. The third kappa shape index (κ3) is 4.19. The smallest absolute Gasteiger partial charge is 0.224 e. The van der Waals surface area contributed by atoms with Gasteiger partial charge in [-0.25, -0.2) is 9.97 Å². The van der Waals surface area contributed by atoms with Gasteiger partial charge in [0.1, 0.15) is 6.33 Å². The first-order chi connectivity index (χ1) is 9.15. The third-order valence-corrected chi connectivity index (χ3v) is 3.20. The first-order valence-electron chi connectivity index (χ1n) is 5.64. The van der Waals surface area contributed by atoms with E-state index in [1.54, 1.807) is 30.6 Å². The number of benzene rings is 1. The number of rotatable bonds is 4. The zero-order valence-corrected chi connectivity index (χ0v) is 11.4. The van der Waals surface area contributed by atoms with Crippen molar-refractivity contribution in [2.45, 2.75) is 12.8 Å². The molecule has 0 saturated carbocycles. The van der Waals surface area contributed by atoms with Crippen molar-refractivity contribution < 1.29 is 4.79 Å². The minimum Gasteiger partial charge on any atom is -0.326 e. The average molecular weight is 296 g/mol. The summed E-state index contributed by atoms with van der Waals surface area (Å²) in [5, 5.41) is 3.63. The van der Waals surface area contributed by atoms with Crippen LogP contribution in [0.1, 0.15) is 12.0 Å². The molecule has 0 atom stereocenters. The molecular formula is C13H11Cl2N3O. The molecule has 2 aromatic rings. The Morgan fingerprint density at radius 1 is 1.16 bits per heavy atom. The molecule has 1 aromatic heterocycles. The van der Waals surface area contributed by atoms with E-state index in [1.165, 1.54) is 6.33 Å². The number of anilines is 1. The van der Waals surface area contributed by atoms with Gasteiger partial charge in [-0.2, -0.15) is 0 Å². The van der Waals surface area contributed by atoms with Gasteiger partial charge in [0.25, 0.3) is 0 Å². The average Bonchev–Trinajstić information content (AvgIpc) is 2.42. The highest BCUT2D eigenvalue weighted by molar-refractivity contribution is 6.42. The van der Waals surface area contributed by atoms with Crippen molar-refractivity contribution in [3.8, 4) is 0 Å². The van der Waals surface area contributed by atoms with Crippen LogP contribution < -0.4 is 5.32 Å². The highest BCUT2D eigenvalue weighted by Gasteiger charge is 2.05. The predicted octanol–water partition coefficient (Wildman–Crippen LogP) is 3.35. The zero-order chi connectivity index (χ0) is 13.7. The summed E-state index contributed by atoms with van der Waals surface area (Å²) in [5.41, 5.74) is 1.55. The van der Waals surface area contributed by atoms with Crippen LogP contribution in [0.15, 0.2) is 36.9 Å². The van der Waals surface area contributed by atoms with Crippen LogP contribution in [0.2, 0.25) is 10.0 Å². The lowest BCUT2D eigenvalue weighted by Crippen LogP contribution is -2.12. The van der Waals surface area contributed by atoms with Gasteiger partial charge in [0.2, 0.25) is 5.91 Å². The van der Waals surface area contributed by atoms with E-state index in [-0.39, 0.29) is 5.91 Å². The minimum absolute atomic E-state index is 0.0951. The Kier molecular flexibility index (Phi) is 4.71. The molecule has 19 heavy (non-hydrogen) atoms. The van der Waals surface area contributed by atoms with Gasteiger partial charge in [0.05, 0.1) is 10.0 Å². The third-order valence-electron chi connectivity index (χ3n) is 2.46. The summed E-state index contributed by atoms with van der Waals surface area (Å²) in [6.45, 7) is 0. The fourth-order valence-electron chi connectivity index (χ4n) is 1.51. The standard InChI is InChI=1S/C13H11Cl2N3O/c14-11-3-2-10(5-12(11)15)18-13(19)4-1-9-6-16-8-17-7-9/h2-3,5-8H,1,4H2,(H,18,19). The molecular weight excluding hydrogens is 285 g/mol. The van der Waals surface area contributed by atoms with Gasteiger partial charge in [0.15, 0.2) is 0 Å². The van der Waals surface area contributed by atoms with Crippen molar-refractivity contribution in [1.29, 1.82) is 0 Å². The second-order valence-electron chi connectivity index (χ2n) is 3.92. The Labute approximate surface area is 120 Å². The van der Waals surface area contributed by atoms with Crippen molar-refractivity contribution >= 4 is 34.8 Å². The molecule has 0 saturated heterocycles. The number of amides is 1. The predicted molar refractivity (Wildman–Crippen MR) is 75.4 cm³/mol. The van der Waals surface area contributed by atoms with E-state index in [4.69, 9.17) is 23.2 Å². The highest BCUT2D eigenvalue weighted by Crippen LogP contribution is 2.25. The number of nitrogens with zero attached hydrogens (tertiary/aromatic N) is 2. The fourth-order valence-corrected chi connectivity index (χ4v) is 1.81. The maximum atomic E-state index is 11.8. The SMILES string of the molecule is O=C(CCc1cncnc1)Nc1ccc(Cl)c(Cl)c1. The van der Waals surface area contributed by atoms with Crippen molar-refractivity contribution in [2.24, 2.45) is 0 Å². The quantitative estimate of drug-likeness (QED) is 0.941. The molecule has 2 rings (SSSR count). The van der Waals surface area contributed by atoms with Crippen molar-refractivity contribution in [2.75, 3.05) is 5.32 Å². The number of aromatic nitrogens is 2. The topological polar surface area (TPSA) is 54.9 Å². The molecule has 6 heteroatoms. The Hall–Kier alpha value is -1.65. The van der Waals surface area contributed by atoms with E-state index in [9.17, 15) is 4.79 Å². The molecule has 0 aliphatic rings. The van der Waals surface area contributed by atoms with Gasteiger partial charge < -0.3 is 5.32 Å². The lowest BCUT2D eigenvalue weighted by atomic mass is 10.2. The largest absolute Gasteiger partial charge is 0.326 e. The van der Waals surface area contributed by atoms with Gasteiger partial charge in [0, 0.05) is 24.5 Å².